The van der Waals surface area contributed by atoms with Gasteiger partial charge in [-0.05, 0) is 49.2 Å². The molecule has 0 amide bonds. The lowest BCUT2D eigenvalue weighted by Gasteiger charge is -2.20. The highest BCUT2D eigenvalue weighted by molar-refractivity contribution is 5.95. The maximum Gasteiger partial charge on any atom is 0.159 e. The molecule has 0 aliphatic carbocycles. The minimum atomic E-state index is -0.386. The Balaban J connectivity index is 2.09. The van der Waals surface area contributed by atoms with Gasteiger partial charge in [-0.1, -0.05) is 0 Å². The number of carbonyl (C=O) groups is 1. The van der Waals surface area contributed by atoms with Crippen molar-refractivity contribution in [1.29, 1.82) is 0 Å². The van der Waals surface area contributed by atoms with E-state index in [1.165, 1.54) is 24.6 Å². The average Bonchev–Trinajstić information content (AvgIpc) is 2.45. The van der Waals surface area contributed by atoms with E-state index in [9.17, 15) is 9.18 Å². The normalized spacial score (nSPS) is 10.3. The highest BCUT2D eigenvalue weighted by Crippen LogP contribution is 2.18. The van der Waals surface area contributed by atoms with Gasteiger partial charge in [-0.25, -0.2) is 4.39 Å². The summed E-state index contributed by atoms with van der Waals surface area (Å²) in [6, 6.07) is 8.35. The smallest absolute Gasteiger partial charge is 0.159 e. The maximum absolute atomic E-state index is 13.5. The van der Waals surface area contributed by atoms with E-state index in [4.69, 9.17) is 0 Å². The van der Waals surface area contributed by atoms with Gasteiger partial charge in [0.1, 0.15) is 5.82 Å². The Morgan fingerprint density at radius 3 is 2.60 bits per heavy atom. The van der Waals surface area contributed by atoms with Crippen LogP contribution in [0.4, 0.5) is 10.1 Å². The van der Waals surface area contributed by atoms with Crippen LogP contribution in [0.15, 0.2) is 42.7 Å². The number of ketones is 1. The molecule has 1 aromatic carbocycles. The molecule has 2 rings (SSSR count). The Labute approximate surface area is 118 Å². The molecule has 0 aliphatic rings. The van der Waals surface area contributed by atoms with Gasteiger partial charge in [0.25, 0.3) is 0 Å². The lowest BCUT2D eigenvalue weighted by molar-refractivity contribution is 0.101. The van der Waals surface area contributed by atoms with E-state index in [0.29, 0.717) is 11.3 Å². The van der Waals surface area contributed by atoms with Crippen molar-refractivity contribution in [3.8, 4) is 0 Å². The number of hydrogen-bond donors (Lipinski definition) is 0. The summed E-state index contributed by atoms with van der Waals surface area (Å²) < 4.78 is 13.5. The van der Waals surface area contributed by atoms with Gasteiger partial charge >= 0.3 is 0 Å². The summed E-state index contributed by atoms with van der Waals surface area (Å²) in [4.78, 5) is 17.3. The van der Waals surface area contributed by atoms with Gasteiger partial charge in [-0.2, -0.15) is 0 Å². The molecule has 1 heterocycles. The largest absolute Gasteiger partial charge is 0.374 e. The third kappa shape index (κ3) is 3.63. The second-order valence-corrected chi connectivity index (χ2v) is 4.78. The third-order valence-electron chi connectivity index (χ3n) is 3.22. The van der Waals surface area contributed by atoms with Gasteiger partial charge in [0.05, 0.1) is 0 Å². The zero-order valence-corrected chi connectivity index (χ0v) is 11.6. The number of anilines is 1. The van der Waals surface area contributed by atoms with Crippen molar-refractivity contribution in [2.75, 3.05) is 18.5 Å². The zero-order chi connectivity index (χ0) is 14.5. The SMILES string of the molecule is CC(=O)c1cc(F)cc(N(C)CCc2ccncc2)c1. The third-order valence-corrected chi connectivity index (χ3v) is 3.22. The molecule has 1 aromatic heterocycles. The van der Waals surface area contributed by atoms with E-state index in [1.54, 1.807) is 18.5 Å². The molecule has 4 heteroatoms. The second kappa shape index (κ2) is 6.28. The van der Waals surface area contributed by atoms with E-state index in [1.807, 2.05) is 24.1 Å². The summed E-state index contributed by atoms with van der Waals surface area (Å²) in [5.41, 5.74) is 2.29. The van der Waals surface area contributed by atoms with Crippen molar-refractivity contribution in [3.63, 3.8) is 0 Å². The van der Waals surface area contributed by atoms with E-state index in [0.717, 1.165) is 13.0 Å². The maximum atomic E-state index is 13.5. The molecule has 0 fully saturated rings. The lowest BCUT2D eigenvalue weighted by atomic mass is 10.1. The molecule has 104 valence electrons. The molecule has 0 unspecified atom stereocenters. The minimum Gasteiger partial charge on any atom is -0.374 e. The summed E-state index contributed by atoms with van der Waals surface area (Å²) in [7, 11) is 1.89. The molecule has 0 radical (unpaired) electrons. The highest BCUT2D eigenvalue weighted by Gasteiger charge is 2.08. The Hall–Kier alpha value is -2.23. The first kappa shape index (κ1) is 14.2. The fourth-order valence-electron chi connectivity index (χ4n) is 1.97. The number of pyridine rings is 1. The van der Waals surface area contributed by atoms with Crippen LogP contribution in [0.25, 0.3) is 0 Å². The van der Waals surface area contributed by atoms with E-state index >= 15 is 0 Å². The van der Waals surface area contributed by atoms with Gasteiger partial charge < -0.3 is 4.90 Å². The van der Waals surface area contributed by atoms with Crippen LogP contribution in [0.2, 0.25) is 0 Å². The van der Waals surface area contributed by atoms with Crippen LogP contribution in [-0.4, -0.2) is 24.4 Å². The Morgan fingerprint density at radius 1 is 1.25 bits per heavy atom. The van der Waals surface area contributed by atoms with E-state index < -0.39 is 0 Å². The molecule has 3 nitrogen and oxygen atoms in total. The Bertz CT molecular complexity index is 599. The first-order valence-corrected chi connectivity index (χ1v) is 6.48. The first-order chi connectivity index (χ1) is 9.56. The summed E-state index contributed by atoms with van der Waals surface area (Å²) in [5.74, 6) is -0.517. The Morgan fingerprint density at radius 2 is 1.95 bits per heavy atom. The van der Waals surface area contributed by atoms with Crippen molar-refractivity contribution in [2.45, 2.75) is 13.3 Å². The van der Waals surface area contributed by atoms with Crippen LogP contribution in [0.5, 0.6) is 0 Å². The molecule has 0 atom stereocenters. The molecule has 0 spiro atoms. The van der Waals surface area contributed by atoms with Crippen LogP contribution >= 0.6 is 0 Å². The number of halogens is 1. The number of aromatic nitrogens is 1. The molecule has 0 aliphatic heterocycles. The number of benzene rings is 1. The lowest BCUT2D eigenvalue weighted by Crippen LogP contribution is -2.20. The highest BCUT2D eigenvalue weighted by atomic mass is 19.1. The molecule has 2 aromatic rings. The molecule has 0 saturated heterocycles. The van der Waals surface area contributed by atoms with Crippen molar-refractivity contribution in [1.82, 2.24) is 4.98 Å². The topological polar surface area (TPSA) is 33.2 Å². The molecule has 0 bridgehead atoms. The standard InChI is InChI=1S/C16H17FN2O/c1-12(20)14-9-15(17)11-16(10-14)19(2)8-5-13-3-6-18-7-4-13/h3-4,6-7,9-11H,5,8H2,1-2H3. The molecular weight excluding hydrogens is 255 g/mol. The predicted octanol–water partition coefficient (Wildman–Crippen LogP) is 3.10. The van der Waals surface area contributed by atoms with Crippen LogP contribution < -0.4 is 4.90 Å². The van der Waals surface area contributed by atoms with Crippen molar-refractivity contribution < 1.29 is 9.18 Å². The van der Waals surface area contributed by atoms with E-state index in [2.05, 4.69) is 4.98 Å². The van der Waals surface area contributed by atoms with Crippen molar-refractivity contribution in [2.24, 2.45) is 0 Å². The first-order valence-electron chi connectivity index (χ1n) is 6.48. The van der Waals surface area contributed by atoms with Crippen molar-refractivity contribution >= 4 is 11.5 Å². The summed E-state index contributed by atoms with van der Waals surface area (Å²) in [6.07, 6.45) is 4.35. The molecular formula is C16H17FN2O. The summed E-state index contributed by atoms with van der Waals surface area (Å²) in [6.45, 7) is 2.18. The molecule has 20 heavy (non-hydrogen) atoms. The Kier molecular flexibility index (Phi) is 4.45. The van der Waals surface area contributed by atoms with E-state index in [-0.39, 0.29) is 11.6 Å². The number of likely N-dealkylation sites (N-methyl/N-ethyl adjacent to an activating group) is 1. The van der Waals surface area contributed by atoms with Crippen LogP contribution in [0.1, 0.15) is 22.8 Å². The van der Waals surface area contributed by atoms with Gasteiger partial charge in [-0.3, -0.25) is 9.78 Å². The van der Waals surface area contributed by atoms with Crippen molar-refractivity contribution in [3.05, 3.63) is 59.7 Å². The number of Topliss-reactive ketones (excluding diaryl/α,β-unsaturated/α-hetero) is 1. The fourth-order valence-corrected chi connectivity index (χ4v) is 1.97. The monoisotopic (exact) mass is 272 g/mol. The van der Waals surface area contributed by atoms with Gasteiger partial charge in [0, 0.05) is 37.2 Å². The summed E-state index contributed by atoms with van der Waals surface area (Å²) in [5, 5.41) is 0. The fraction of sp³-hybridized carbons (Fsp3) is 0.250. The number of carbonyl (C=O) groups excluding carboxylic acids is 1. The summed E-state index contributed by atoms with van der Waals surface area (Å²) >= 11 is 0. The molecule has 0 saturated carbocycles. The van der Waals surface area contributed by atoms with Gasteiger partial charge in [0.15, 0.2) is 5.78 Å². The minimum absolute atomic E-state index is 0.131. The van der Waals surface area contributed by atoms with Crippen LogP contribution in [0, 0.1) is 5.82 Å². The number of hydrogen-bond acceptors (Lipinski definition) is 3. The zero-order valence-electron chi connectivity index (χ0n) is 11.6. The number of nitrogens with zero attached hydrogens (tertiary/aromatic N) is 2. The number of rotatable bonds is 5. The molecule has 0 N–H and O–H groups in total. The quantitative estimate of drug-likeness (QED) is 0.784. The van der Waals surface area contributed by atoms with Gasteiger partial charge in [0.2, 0.25) is 0 Å². The van der Waals surface area contributed by atoms with Crippen LogP contribution in [-0.2, 0) is 6.42 Å². The van der Waals surface area contributed by atoms with Crippen LogP contribution in [0.3, 0.4) is 0 Å². The second-order valence-electron chi connectivity index (χ2n) is 4.78. The average molecular weight is 272 g/mol. The van der Waals surface area contributed by atoms with Gasteiger partial charge in [-0.15, -0.1) is 0 Å². The predicted molar refractivity (Wildman–Crippen MR) is 77.6 cm³/mol.